The van der Waals surface area contributed by atoms with E-state index in [1.165, 1.54) is 31.3 Å². The summed E-state index contributed by atoms with van der Waals surface area (Å²) in [5.41, 5.74) is 0.986. The summed E-state index contributed by atoms with van der Waals surface area (Å²) < 4.78 is 27.8. The van der Waals surface area contributed by atoms with Crippen LogP contribution < -0.4 is 15.4 Å². The summed E-state index contributed by atoms with van der Waals surface area (Å²) >= 11 is 0. The highest BCUT2D eigenvalue weighted by atomic mass is 32.2. The number of sulfonamides is 1. The Morgan fingerprint density at radius 2 is 1.73 bits per heavy atom. The first-order chi connectivity index (χ1) is 12.3. The first-order valence-electron chi connectivity index (χ1n) is 7.99. The van der Waals surface area contributed by atoms with Crippen LogP contribution >= 0.6 is 0 Å². The molecular formula is C18H21N3O4S. The van der Waals surface area contributed by atoms with Gasteiger partial charge in [-0.15, -0.1) is 0 Å². The fourth-order valence-corrected chi connectivity index (χ4v) is 3.54. The van der Waals surface area contributed by atoms with Crippen LogP contribution in [-0.2, 0) is 14.8 Å². The smallest absolute Gasteiger partial charge is 0.251 e. The van der Waals surface area contributed by atoms with Gasteiger partial charge in [0.05, 0.1) is 11.4 Å². The molecule has 0 saturated heterocycles. The van der Waals surface area contributed by atoms with Gasteiger partial charge in [0.15, 0.2) is 0 Å². The van der Waals surface area contributed by atoms with Crippen molar-refractivity contribution in [2.45, 2.75) is 17.9 Å². The Kier molecular flexibility index (Phi) is 6.48. The summed E-state index contributed by atoms with van der Waals surface area (Å²) in [5.74, 6) is -0.873. The van der Waals surface area contributed by atoms with Crippen LogP contribution in [0.4, 0.5) is 0 Å². The van der Waals surface area contributed by atoms with Crippen LogP contribution in [0.1, 0.15) is 28.9 Å². The topological polar surface area (TPSA) is 104 Å². The monoisotopic (exact) mass is 375 g/mol. The van der Waals surface area contributed by atoms with Crippen molar-refractivity contribution in [1.29, 1.82) is 0 Å². The minimum absolute atomic E-state index is 0.0205. The Morgan fingerprint density at radius 3 is 2.38 bits per heavy atom. The molecule has 0 heterocycles. The Balaban J connectivity index is 2.14. The molecule has 26 heavy (non-hydrogen) atoms. The van der Waals surface area contributed by atoms with E-state index in [2.05, 4.69) is 15.4 Å². The van der Waals surface area contributed by atoms with Crippen LogP contribution in [0.2, 0.25) is 0 Å². The molecule has 0 bridgehead atoms. The lowest BCUT2D eigenvalue weighted by molar-refractivity contribution is -0.119. The van der Waals surface area contributed by atoms with Gasteiger partial charge in [0.2, 0.25) is 15.9 Å². The van der Waals surface area contributed by atoms with Crippen molar-refractivity contribution in [1.82, 2.24) is 15.4 Å². The molecule has 0 spiro atoms. The van der Waals surface area contributed by atoms with E-state index in [0.717, 1.165) is 5.56 Å². The van der Waals surface area contributed by atoms with Gasteiger partial charge >= 0.3 is 0 Å². The van der Waals surface area contributed by atoms with Crippen molar-refractivity contribution >= 4 is 21.8 Å². The normalized spacial score (nSPS) is 12.2. The molecule has 2 aromatic carbocycles. The van der Waals surface area contributed by atoms with Crippen LogP contribution in [0.15, 0.2) is 59.5 Å². The first-order valence-corrected chi connectivity index (χ1v) is 9.48. The van der Waals surface area contributed by atoms with E-state index in [1.807, 2.05) is 30.3 Å². The third-order valence-electron chi connectivity index (χ3n) is 3.73. The summed E-state index contributed by atoms with van der Waals surface area (Å²) in [6.45, 7) is 1.56. The van der Waals surface area contributed by atoms with E-state index in [1.54, 1.807) is 6.92 Å². The van der Waals surface area contributed by atoms with E-state index < -0.39 is 22.0 Å². The second kappa shape index (κ2) is 8.59. The third-order valence-corrected chi connectivity index (χ3v) is 5.26. The fraction of sp³-hybridized carbons (Fsp3) is 0.222. The Bertz CT molecular complexity index is 882. The second-order valence-electron chi connectivity index (χ2n) is 5.64. The minimum Gasteiger partial charge on any atom is -0.358 e. The highest BCUT2D eigenvalue weighted by molar-refractivity contribution is 7.89. The van der Waals surface area contributed by atoms with Gasteiger partial charge in [-0.2, -0.15) is 0 Å². The standard InChI is InChI=1S/C18H21N3O4S/c1-13(14-7-4-3-5-8-14)21-26(24,25)16-10-6-9-15(11-16)18(23)20-12-17(22)19-2/h3-11,13,21H,12H2,1-2H3,(H,19,22)(H,20,23)/t13-/m0/s1. The Morgan fingerprint density at radius 1 is 1.04 bits per heavy atom. The molecular weight excluding hydrogens is 354 g/mol. The van der Waals surface area contributed by atoms with Crippen molar-refractivity contribution in [3.63, 3.8) is 0 Å². The maximum Gasteiger partial charge on any atom is 0.251 e. The molecule has 7 nitrogen and oxygen atoms in total. The molecule has 0 aromatic heterocycles. The SMILES string of the molecule is CNC(=O)CNC(=O)c1cccc(S(=O)(=O)N[C@@H](C)c2ccccc2)c1. The zero-order chi connectivity index (χ0) is 19.2. The molecule has 0 saturated carbocycles. The molecule has 0 aliphatic rings. The Hall–Kier alpha value is -2.71. The number of carbonyl (C=O) groups is 2. The lowest BCUT2D eigenvalue weighted by Gasteiger charge is -2.15. The number of hydrogen-bond acceptors (Lipinski definition) is 4. The van der Waals surface area contributed by atoms with Crippen LogP contribution in [-0.4, -0.2) is 33.8 Å². The average molecular weight is 375 g/mol. The van der Waals surface area contributed by atoms with Crippen molar-refractivity contribution in [2.75, 3.05) is 13.6 Å². The van der Waals surface area contributed by atoms with Crippen LogP contribution in [0.5, 0.6) is 0 Å². The highest BCUT2D eigenvalue weighted by Crippen LogP contribution is 2.17. The zero-order valence-corrected chi connectivity index (χ0v) is 15.3. The molecule has 138 valence electrons. The molecule has 2 rings (SSSR count). The zero-order valence-electron chi connectivity index (χ0n) is 14.5. The Labute approximate surface area is 152 Å². The lowest BCUT2D eigenvalue weighted by atomic mass is 10.1. The summed E-state index contributed by atoms with van der Waals surface area (Å²) in [6.07, 6.45) is 0. The highest BCUT2D eigenvalue weighted by Gasteiger charge is 2.19. The molecule has 0 aliphatic heterocycles. The number of nitrogens with one attached hydrogen (secondary N) is 3. The number of likely N-dealkylation sites (N-methyl/N-ethyl adjacent to an activating group) is 1. The number of benzene rings is 2. The van der Waals surface area contributed by atoms with Crippen molar-refractivity contribution in [3.8, 4) is 0 Å². The van der Waals surface area contributed by atoms with E-state index in [4.69, 9.17) is 0 Å². The van der Waals surface area contributed by atoms with Crippen molar-refractivity contribution < 1.29 is 18.0 Å². The van der Waals surface area contributed by atoms with Gasteiger partial charge in [0, 0.05) is 18.7 Å². The summed E-state index contributed by atoms with van der Waals surface area (Å²) in [5, 5.41) is 4.81. The van der Waals surface area contributed by atoms with E-state index in [9.17, 15) is 18.0 Å². The first kappa shape index (κ1) is 19.6. The molecule has 0 fully saturated rings. The number of hydrogen-bond donors (Lipinski definition) is 3. The molecule has 2 amide bonds. The average Bonchev–Trinajstić information content (AvgIpc) is 2.66. The van der Waals surface area contributed by atoms with E-state index in [0.29, 0.717) is 0 Å². The summed E-state index contributed by atoms with van der Waals surface area (Å²) in [4.78, 5) is 23.3. The van der Waals surface area contributed by atoms with E-state index in [-0.39, 0.29) is 22.9 Å². The third kappa shape index (κ3) is 5.14. The fourth-order valence-electron chi connectivity index (χ4n) is 2.27. The quantitative estimate of drug-likeness (QED) is 0.676. The molecule has 2 aromatic rings. The maximum atomic E-state index is 12.6. The predicted molar refractivity (Wildman–Crippen MR) is 98.0 cm³/mol. The molecule has 8 heteroatoms. The van der Waals surface area contributed by atoms with Crippen LogP contribution in [0, 0.1) is 0 Å². The van der Waals surface area contributed by atoms with Crippen molar-refractivity contribution in [2.24, 2.45) is 0 Å². The molecule has 0 radical (unpaired) electrons. The molecule has 1 atom stereocenters. The molecule has 0 unspecified atom stereocenters. The van der Waals surface area contributed by atoms with Gasteiger partial charge in [-0.05, 0) is 30.7 Å². The number of rotatable bonds is 7. The van der Waals surface area contributed by atoms with Gasteiger partial charge < -0.3 is 10.6 Å². The molecule has 0 aliphatic carbocycles. The second-order valence-corrected chi connectivity index (χ2v) is 7.35. The van der Waals surface area contributed by atoms with Crippen molar-refractivity contribution in [3.05, 3.63) is 65.7 Å². The summed E-state index contributed by atoms with van der Waals surface area (Å²) in [6, 6.07) is 14.4. The molecule has 3 N–H and O–H groups in total. The van der Waals surface area contributed by atoms with E-state index >= 15 is 0 Å². The largest absolute Gasteiger partial charge is 0.358 e. The van der Waals surface area contributed by atoms with Gasteiger partial charge in [-0.25, -0.2) is 13.1 Å². The lowest BCUT2D eigenvalue weighted by Crippen LogP contribution is -2.35. The van der Waals surface area contributed by atoms with Gasteiger partial charge in [0.25, 0.3) is 5.91 Å². The van der Waals surface area contributed by atoms with Crippen LogP contribution in [0.25, 0.3) is 0 Å². The minimum atomic E-state index is -3.81. The number of amides is 2. The summed E-state index contributed by atoms with van der Waals surface area (Å²) in [7, 11) is -2.35. The maximum absolute atomic E-state index is 12.6. The van der Waals surface area contributed by atoms with Gasteiger partial charge in [-0.3, -0.25) is 9.59 Å². The number of carbonyl (C=O) groups excluding carboxylic acids is 2. The predicted octanol–water partition coefficient (Wildman–Crippen LogP) is 1.20. The van der Waals surface area contributed by atoms with Gasteiger partial charge in [-0.1, -0.05) is 36.4 Å². The van der Waals surface area contributed by atoms with Crippen LogP contribution in [0.3, 0.4) is 0 Å². The van der Waals surface area contributed by atoms with Gasteiger partial charge in [0.1, 0.15) is 0 Å².